The van der Waals surface area contributed by atoms with Gasteiger partial charge in [0, 0.05) is 11.4 Å². The third-order valence-corrected chi connectivity index (χ3v) is 3.19. The molecule has 1 rings (SSSR count). The quantitative estimate of drug-likeness (QED) is 0.449. The van der Waals surface area contributed by atoms with Gasteiger partial charge in [-0.25, -0.2) is 0 Å². The van der Waals surface area contributed by atoms with Crippen LogP contribution in [0.5, 0.6) is 0 Å². The van der Waals surface area contributed by atoms with Crippen LogP contribution in [-0.4, -0.2) is 70.5 Å². The molecule has 0 aliphatic carbocycles. The second-order valence-electron chi connectivity index (χ2n) is 5.26. The minimum atomic E-state index is -1.21. The van der Waals surface area contributed by atoms with Crippen LogP contribution in [0, 0.1) is 6.92 Å². The SMILES string of the molecule is Cc1cc(N(CC(=O)O)CC(=O)O)ccc1N(CC(=O)O)CC(=O)O. The number of anilines is 2. The molecule has 4 N–H and O–H groups in total. The molecule has 25 heavy (non-hydrogen) atoms. The van der Waals surface area contributed by atoms with Gasteiger partial charge < -0.3 is 30.2 Å². The molecule has 0 saturated heterocycles. The van der Waals surface area contributed by atoms with E-state index in [4.69, 9.17) is 20.4 Å². The van der Waals surface area contributed by atoms with E-state index in [0.29, 0.717) is 16.9 Å². The van der Waals surface area contributed by atoms with Gasteiger partial charge in [-0.15, -0.1) is 0 Å². The maximum Gasteiger partial charge on any atom is 0.323 e. The zero-order chi connectivity index (χ0) is 19.1. The number of hydrogen-bond acceptors (Lipinski definition) is 6. The molecule has 10 nitrogen and oxygen atoms in total. The number of nitrogens with zero attached hydrogens (tertiary/aromatic N) is 2. The summed E-state index contributed by atoms with van der Waals surface area (Å²) in [5, 5.41) is 35.6. The third-order valence-electron chi connectivity index (χ3n) is 3.19. The van der Waals surface area contributed by atoms with Gasteiger partial charge in [-0.3, -0.25) is 19.2 Å². The van der Waals surface area contributed by atoms with Crippen LogP contribution < -0.4 is 9.80 Å². The number of carboxylic acid groups (broad SMARTS) is 4. The molecule has 0 aliphatic rings. The Morgan fingerprint density at radius 3 is 1.52 bits per heavy atom. The van der Waals surface area contributed by atoms with Gasteiger partial charge in [0.1, 0.15) is 26.2 Å². The molecule has 0 atom stereocenters. The predicted octanol–water partition coefficient (Wildman–Crippen LogP) is -0.0538. The molecule has 0 unspecified atom stereocenters. The van der Waals surface area contributed by atoms with Crippen molar-refractivity contribution in [3.63, 3.8) is 0 Å². The van der Waals surface area contributed by atoms with Gasteiger partial charge in [-0.1, -0.05) is 0 Å². The summed E-state index contributed by atoms with van der Waals surface area (Å²) in [6, 6.07) is 4.34. The second-order valence-corrected chi connectivity index (χ2v) is 5.26. The number of rotatable bonds is 10. The lowest BCUT2D eigenvalue weighted by Crippen LogP contribution is -2.36. The summed E-state index contributed by atoms with van der Waals surface area (Å²) in [5.74, 6) is -4.83. The molecular weight excluding hydrogens is 336 g/mol. The maximum absolute atomic E-state index is 10.9. The van der Waals surface area contributed by atoms with Gasteiger partial charge in [0.15, 0.2) is 0 Å². The van der Waals surface area contributed by atoms with E-state index in [2.05, 4.69) is 0 Å². The normalized spacial score (nSPS) is 10.1. The van der Waals surface area contributed by atoms with Gasteiger partial charge in [0.25, 0.3) is 0 Å². The van der Waals surface area contributed by atoms with Gasteiger partial charge in [0.05, 0.1) is 0 Å². The first kappa shape index (κ1) is 19.7. The van der Waals surface area contributed by atoms with Crippen LogP contribution in [0.15, 0.2) is 18.2 Å². The molecule has 1 aromatic rings. The molecule has 0 spiro atoms. The summed E-state index contributed by atoms with van der Waals surface area (Å²) in [6.45, 7) is -0.520. The van der Waals surface area contributed by atoms with Gasteiger partial charge in [0.2, 0.25) is 0 Å². The molecule has 0 radical (unpaired) electrons. The Hall–Kier alpha value is -3.30. The van der Waals surface area contributed by atoms with E-state index in [1.807, 2.05) is 0 Å². The fraction of sp³-hybridized carbons (Fsp3) is 0.333. The van der Waals surface area contributed by atoms with E-state index < -0.39 is 50.1 Å². The van der Waals surface area contributed by atoms with E-state index in [-0.39, 0.29) is 0 Å². The van der Waals surface area contributed by atoms with E-state index >= 15 is 0 Å². The summed E-state index contributed by atoms with van der Waals surface area (Å²) in [5.41, 5.74) is 1.15. The Morgan fingerprint density at radius 2 is 1.16 bits per heavy atom. The largest absolute Gasteiger partial charge is 0.480 e. The second kappa shape index (κ2) is 8.52. The number of benzene rings is 1. The third kappa shape index (κ3) is 6.37. The van der Waals surface area contributed by atoms with Crippen LogP contribution in [0.1, 0.15) is 5.56 Å². The fourth-order valence-electron chi connectivity index (χ4n) is 2.31. The first-order valence-corrected chi connectivity index (χ1v) is 7.08. The minimum absolute atomic E-state index is 0.316. The zero-order valence-electron chi connectivity index (χ0n) is 13.4. The summed E-state index contributed by atoms with van der Waals surface area (Å²) in [6.07, 6.45) is 0. The van der Waals surface area contributed by atoms with Crippen LogP contribution in [0.2, 0.25) is 0 Å². The maximum atomic E-state index is 10.9. The van der Waals surface area contributed by atoms with Crippen LogP contribution in [-0.2, 0) is 19.2 Å². The number of aryl methyl sites for hydroxylation is 1. The average molecular weight is 354 g/mol. The molecule has 10 heteroatoms. The van der Waals surface area contributed by atoms with E-state index in [0.717, 1.165) is 9.80 Å². The lowest BCUT2D eigenvalue weighted by molar-refractivity contribution is -0.138. The first-order chi connectivity index (χ1) is 11.6. The van der Waals surface area contributed by atoms with Crippen molar-refractivity contribution in [2.45, 2.75) is 6.92 Å². The summed E-state index contributed by atoms with van der Waals surface area (Å²) >= 11 is 0. The Bertz CT molecular complexity index is 656. The summed E-state index contributed by atoms with van der Waals surface area (Å²) in [7, 11) is 0. The monoisotopic (exact) mass is 354 g/mol. The van der Waals surface area contributed by atoms with Crippen LogP contribution in [0.25, 0.3) is 0 Å². The van der Waals surface area contributed by atoms with Crippen LogP contribution in [0.4, 0.5) is 11.4 Å². The van der Waals surface area contributed by atoms with Gasteiger partial charge >= 0.3 is 23.9 Å². The molecule has 1 aromatic carbocycles. The molecule has 0 aliphatic heterocycles. The first-order valence-electron chi connectivity index (χ1n) is 7.08. The molecular formula is C15H18N2O8. The van der Waals surface area contributed by atoms with Crippen molar-refractivity contribution in [1.82, 2.24) is 0 Å². The Balaban J connectivity index is 3.17. The van der Waals surface area contributed by atoms with E-state index in [1.165, 1.54) is 18.2 Å². The molecule has 0 heterocycles. The predicted molar refractivity (Wildman–Crippen MR) is 86.1 cm³/mol. The summed E-state index contributed by atoms with van der Waals surface area (Å²) in [4.78, 5) is 45.9. The Labute approximate surface area is 142 Å². The lowest BCUT2D eigenvalue weighted by atomic mass is 10.1. The lowest BCUT2D eigenvalue weighted by Gasteiger charge is -2.26. The zero-order valence-corrected chi connectivity index (χ0v) is 13.4. The van der Waals surface area contributed by atoms with Crippen molar-refractivity contribution in [2.24, 2.45) is 0 Å². The molecule has 0 fully saturated rings. The van der Waals surface area contributed by atoms with Crippen molar-refractivity contribution >= 4 is 35.3 Å². The van der Waals surface area contributed by atoms with E-state index in [1.54, 1.807) is 6.92 Å². The van der Waals surface area contributed by atoms with Gasteiger partial charge in [-0.2, -0.15) is 0 Å². The standard InChI is InChI=1S/C15H18N2O8/c1-9-4-10(16(5-12(18)19)6-13(20)21)2-3-11(9)17(7-14(22)23)8-15(24)25/h2-4H,5-8H2,1H3,(H,18,19)(H,20,21)(H,22,23)(H,24,25). The van der Waals surface area contributed by atoms with Crippen molar-refractivity contribution in [3.8, 4) is 0 Å². The molecule has 0 saturated carbocycles. The van der Waals surface area contributed by atoms with E-state index in [9.17, 15) is 19.2 Å². The highest BCUT2D eigenvalue weighted by atomic mass is 16.4. The number of carbonyl (C=O) groups is 4. The van der Waals surface area contributed by atoms with Crippen molar-refractivity contribution in [3.05, 3.63) is 23.8 Å². The highest BCUT2D eigenvalue weighted by molar-refractivity contribution is 5.82. The molecule has 0 amide bonds. The number of hydrogen-bond donors (Lipinski definition) is 4. The van der Waals surface area contributed by atoms with Crippen LogP contribution >= 0.6 is 0 Å². The van der Waals surface area contributed by atoms with Crippen molar-refractivity contribution in [2.75, 3.05) is 36.0 Å². The minimum Gasteiger partial charge on any atom is -0.480 e. The molecule has 0 aromatic heterocycles. The highest BCUT2D eigenvalue weighted by Crippen LogP contribution is 2.25. The molecule has 0 bridgehead atoms. The highest BCUT2D eigenvalue weighted by Gasteiger charge is 2.19. The average Bonchev–Trinajstić information content (AvgIpc) is 2.43. The fourth-order valence-corrected chi connectivity index (χ4v) is 2.31. The van der Waals surface area contributed by atoms with Crippen molar-refractivity contribution in [1.29, 1.82) is 0 Å². The number of aliphatic carboxylic acids is 4. The Morgan fingerprint density at radius 1 is 0.760 bits per heavy atom. The molecule has 136 valence electrons. The number of carboxylic acids is 4. The topological polar surface area (TPSA) is 156 Å². The smallest absolute Gasteiger partial charge is 0.323 e. The van der Waals surface area contributed by atoms with Crippen molar-refractivity contribution < 1.29 is 39.6 Å². The van der Waals surface area contributed by atoms with Gasteiger partial charge in [-0.05, 0) is 30.7 Å². The Kier molecular flexibility index (Phi) is 6.73. The summed E-state index contributed by atoms with van der Waals surface area (Å²) < 4.78 is 0. The van der Waals surface area contributed by atoms with Crippen LogP contribution in [0.3, 0.4) is 0 Å².